The standard InChI is InChI=1S/C19H20N2/c20-19(15-8-9-15)17-10-11-21(13-17)12-16-6-3-5-14-4-1-2-7-18(14)16/h1-7,10-11,13,15,19H,8-9,12,20H2. The predicted molar refractivity (Wildman–Crippen MR) is 87.1 cm³/mol. The Hall–Kier alpha value is -2.06. The zero-order valence-corrected chi connectivity index (χ0v) is 12.1. The SMILES string of the molecule is NC(c1ccn(Cc2cccc3ccccc23)c1)C1CC1. The van der Waals surface area contributed by atoms with Gasteiger partial charge in [0, 0.05) is 25.0 Å². The van der Waals surface area contributed by atoms with E-state index in [0.29, 0.717) is 5.92 Å². The molecular weight excluding hydrogens is 256 g/mol. The summed E-state index contributed by atoms with van der Waals surface area (Å²) in [7, 11) is 0. The lowest BCUT2D eigenvalue weighted by atomic mass is 10.0. The molecular formula is C19H20N2. The molecule has 1 saturated carbocycles. The third-order valence-corrected chi connectivity index (χ3v) is 4.52. The Morgan fingerprint density at radius 2 is 1.86 bits per heavy atom. The lowest BCUT2D eigenvalue weighted by molar-refractivity contribution is 0.631. The van der Waals surface area contributed by atoms with Gasteiger partial charge in [-0.2, -0.15) is 0 Å². The predicted octanol–water partition coefficient (Wildman–Crippen LogP) is 4.10. The molecule has 0 radical (unpaired) electrons. The molecule has 0 spiro atoms. The quantitative estimate of drug-likeness (QED) is 0.764. The second-order valence-electron chi connectivity index (χ2n) is 6.12. The summed E-state index contributed by atoms with van der Waals surface area (Å²) in [5.41, 5.74) is 8.92. The van der Waals surface area contributed by atoms with Crippen molar-refractivity contribution in [3.05, 3.63) is 72.1 Å². The van der Waals surface area contributed by atoms with Crippen LogP contribution in [-0.4, -0.2) is 4.57 Å². The molecule has 2 heteroatoms. The van der Waals surface area contributed by atoms with E-state index in [4.69, 9.17) is 5.73 Å². The first-order valence-corrected chi connectivity index (χ1v) is 7.69. The van der Waals surface area contributed by atoms with Gasteiger partial charge in [-0.1, -0.05) is 42.5 Å². The Kier molecular flexibility index (Phi) is 3.04. The summed E-state index contributed by atoms with van der Waals surface area (Å²) in [5, 5.41) is 2.64. The van der Waals surface area contributed by atoms with Crippen LogP contribution in [-0.2, 0) is 6.54 Å². The molecule has 1 atom stereocenters. The average molecular weight is 276 g/mol. The first-order chi connectivity index (χ1) is 10.3. The van der Waals surface area contributed by atoms with E-state index in [1.54, 1.807) is 0 Å². The number of nitrogens with two attached hydrogens (primary N) is 1. The van der Waals surface area contributed by atoms with Gasteiger partial charge in [0.2, 0.25) is 0 Å². The molecule has 1 aliphatic carbocycles. The number of hydrogen-bond acceptors (Lipinski definition) is 1. The molecule has 3 aromatic rings. The number of hydrogen-bond donors (Lipinski definition) is 1. The molecule has 1 fully saturated rings. The molecule has 0 saturated heterocycles. The minimum absolute atomic E-state index is 0.221. The fourth-order valence-electron chi connectivity index (χ4n) is 3.11. The number of rotatable bonds is 4. The van der Waals surface area contributed by atoms with Crippen LogP contribution in [0.2, 0.25) is 0 Å². The second-order valence-corrected chi connectivity index (χ2v) is 6.12. The van der Waals surface area contributed by atoms with Gasteiger partial charge >= 0.3 is 0 Å². The normalized spacial score (nSPS) is 16.2. The van der Waals surface area contributed by atoms with E-state index < -0.39 is 0 Å². The van der Waals surface area contributed by atoms with Crippen LogP contribution in [0.25, 0.3) is 10.8 Å². The van der Waals surface area contributed by atoms with E-state index in [9.17, 15) is 0 Å². The highest BCUT2D eigenvalue weighted by molar-refractivity contribution is 5.85. The van der Waals surface area contributed by atoms with Gasteiger partial charge in [0.1, 0.15) is 0 Å². The third kappa shape index (κ3) is 2.47. The van der Waals surface area contributed by atoms with Crippen LogP contribution in [0.15, 0.2) is 60.9 Å². The smallest absolute Gasteiger partial charge is 0.0476 e. The molecule has 106 valence electrons. The Labute approximate surface area is 125 Å². The molecule has 2 aromatic carbocycles. The van der Waals surface area contributed by atoms with Gasteiger partial charge in [-0.05, 0) is 46.7 Å². The first-order valence-electron chi connectivity index (χ1n) is 7.69. The number of benzene rings is 2. The van der Waals surface area contributed by atoms with E-state index >= 15 is 0 Å². The van der Waals surface area contributed by atoms with Gasteiger partial charge in [-0.3, -0.25) is 0 Å². The summed E-state index contributed by atoms with van der Waals surface area (Å²) < 4.78 is 2.25. The first kappa shape index (κ1) is 12.7. The zero-order valence-electron chi connectivity index (χ0n) is 12.1. The average Bonchev–Trinajstić information content (AvgIpc) is 3.27. The van der Waals surface area contributed by atoms with Crippen molar-refractivity contribution >= 4 is 10.8 Å². The van der Waals surface area contributed by atoms with Crippen LogP contribution < -0.4 is 5.73 Å². The topological polar surface area (TPSA) is 30.9 Å². The maximum Gasteiger partial charge on any atom is 0.0476 e. The van der Waals surface area contributed by atoms with E-state index in [1.807, 2.05) is 0 Å². The maximum absolute atomic E-state index is 6.28. The summed E-state index contributed by atoms with van der Waals surface area (Å²) >= 11 is 0. The Morgan fingerprint density at radius 3 is 2.71 bits per heavy atom. The van der Waals surface area contributed by atoms with Gasteiger partial charge in [-0.25, -0.2) is 0 Å². The molecule has 0 amide bonds. The molecule has 21 heavy (non-hydrogen) atoms. The molecule has 0 bridgehead atoms. The van der Waals surface area contributed by atoms with Crippen molar-refractivity contribution in [1.82, 2.24) is 4.57 Å². The monoisotopic (exact) mass is 276 g/mol. The molecule has 2 nitrogen and oxygen atoms in total. The van der Waals surface area contributed by atoms with Crippen LogP contribution in [0.1, 0.15) is 30.0 Å². The third-order valence-electron chi connectivity index (χ3n) is 4.52. The Bertz CT molecular complexity index is 763. The van der Waals surface area contributed by atoms with Crippen LogP contribution in [0, 0.1) is 5.92 Å². The van der Waals surface area contributed by atoms with Crippen molar-refractivity contribution in [3.8, 4) is 0 Å². The minimum atomic E-state index is 0.221. The lowest BCUT2D eigenvalue weighted by Gasteiger charge is -2.09. The fourth-order valence-corrected chi connectivity index (χ4v) is 3.11. The van der Waals surface area contributed by atoms with E-state index in [2.05, 4.69) is 65.5 Å². The van der Waals surface area contributed by atoms with Gasteiger partial charge in [0.05, 0.1) is 0 Å². The molecule has 0 aliphatic heterocycles. The summed E-state index contributed by atoms with van der Waals surface area (Å²) in [5.74, 6) is 0.707. The van der Waals surface area contributed by atoms with Crippen molar-refractivity contribution in [2.75, 3.05) is 0 Å². The van der Waals surface area contributed by atoms with E-state index in [-0.39, 0.29) is 6.04 Å². The van der Waals surface area contributed by atoms with Crippen molar-refractivity contribution in [3.63, 3.8) is 0 Å². The summed E-state index contributed by atoms with van der Waals surface area (Å²) in [6.07, 6.45) is 6.94. The van der Waals surface area contributed by atoms with Crippen molar-refractivity contribution < 1.29 is 0 Å². The molecule has 4 rings (SSSR count). The molecule has 1 unspecified atom stereocenters. The fraction of sp³-hybridized carbons (Fsp3) is 0.263. The van der Waals surface area contributed by atoms with Crippen molar-refractivity contribution in [2.24, 2.45) is 11.7 Å². The van der Waals surface area contributed by atoms with Gasteiger partial charge in [0.25, 0.3) is 0 Å². The van der Waals surface area contributed by atoms with Crippen LogP contribution in [0.4, 0.5) is 0 Å². The van der Waals surface area contributed by atoms with Crippen molar-refractivity contribution in [1.29, 1.82) is 0 Å². The summed E-state index contributed by atoms with van der Waals surface area (Å²) in [4.78, 5) is 0. The van der Waals surface area contributed by atoms with Gasteiger partial charge in [0.15, 0.2) is 0 Å². The highest BCUT2D eigenvalue weighted by atomic mass is 14.9. The van der Waals surface area contributed by atoms with E-state index in [0.717, 1.165) is 6.54 Å². The van der Waals surface area contributed by atoms with Crippen molar-refractivity contribution in [2.45, 2.75) is 25.4 Å². The largest absolute Gasteiger partial charge is 0.350 e. The molecule has 1 aliphatic rings. The van der Waals surface area contributed by atoms with Crippen LogP contribution >= 0.6 is 0 Å². The Balaban J connectivity index is 1.62. The number of fused-ring (bicyclic) bond motifs is 1. The summed E-state index contributed by atoms with van der Waals surface area (Å²) in [6, 6.07) is 17.5. The minimum Gasteiger partial charge on any atom is -0.350 e. The molecule has 1 aromatic heterocycles. The Morgan fingerprint density at radius 1 is 1.05 bits per heavy atom. The van der Waals surface area contributed by atoms with Gasteiger partial charge < -0.3 is 10.3 Å². The highest BCUT2D eigenvalue weighted by Crippen LogP contribution is 2.39. The molecule has 1 heterocycles. The van der Waals surface area contributed by atoms with Crippen LogP contribution in [0.3, 0.4) is 0 Å². The maximum atomic E-state index is 6.28. The second kappa shape index (κ2) is 5.05. The van der Waals surface area contributed by atoms with Gasteiger partial charge in [-0.15, -0.1) is 0 Å². The number of nitrogens with zero attached hydrogens (tertiary/aromatic N) is 1. The molecule has 2 N–H and O–H groups in total. The highest BCUT2D eigenvalue weighted by Gasteiger charge is 2.29. The summed E-state index contributed by atoms with van der Waals surface area (Å²) in [6.45, 7) is 0.902. The lowest BCUT2D eigenvalue weighted by Crippen LogP contribution is -2.11. The van der Waals surface area contributed by atoms with Crippen LogP contribution in [0.5, 0.6) is 0 Å². The zero-order chi connectivity index (χ0) is 14.2. The van der Waals surface area contributed by atoms with E-state index in [1.165, 1.54) is 34.7 Å². The number of aromatic nitrogens is 1.